The van der Waals surface area contributed by atoms with Gasteiger partial charge in [0.1, 0.15) is 10.6 Å². The number of anilines is 2. The number of carbonyl (C=O) groups excluding carboxylic acids is 4. The van der Waals surface area contributed by atoms with E-state index in [0.29, 0.717) is 34.1 Å². The summed E-state index contributed by atoms with van der Waals surface area (Å²) in [4.78, 5) is 64.5. The Morgan fingerprint density at radius 1 is 1.09 bits per heavy atom. The Morgan fingerprint density at radius 3 is 2.48 bits per heavy atom. The molecule has 0 fully saturated rings. The van der Waals surface area contributed by atoms with Gasteiger partial charge >= 0.3 is 12.1 Å². The summed E-state index contributed by atoms with van der Waals surface area (Å²) in [5.41, 5.74) is 1.07. The molecule has 1 aromatic heterocycles. The molecule has 0 saturated heterocycles. The molecule has 12 nitrogen and oxygen atoms in total. The summed E-state index contributed by atoms with van der Waals surface area (Å²) < 4.78 is 10.8. The van der Waals surface area contributed by atoms with Gasteiger partial charge in [-0.25, -0.2) is 9.59 Å². The number of amides is 3. The standard InChI is InChI=1S/C30H32N4O8S2/c1-5-41-28(37)25-22-13-14-33(29(38)42-30(2,3)4)16-23(22)44-27(25)32-24(35)17-43-21-8-6-7-19(15-21)31-26(36)18-9-11-20(12-10-18)34(39)40/h6-12,15H,5,13-14,16-17H2,1-4H3,(H,31,36)(H,32,35). The van der Waals surface area contributed by atoms with E-state index in [-0.39, 0.29) is 36.1 Å². The summed E-state index contributed by atoms with van der Waals surface area (Å²) in [6.45, 7) is 7.89. The maximum atomic E-state index is 13.0. The van der Waals surface area contributed by atoms with Gasteiger partial charge in [0.15, 0.2) is 0 Å². The molecule has 1 aliphatic heterocycles. The Morgan fingerprint density at radius 2 is 1.82 bits per heavy atom. The number of rotatable bonds is 9. The average Bonchev–Trinajstić information content (AvgIpc) is 3.32. The lowest BCUT2D eigenvalue weighted by Gasteiger charge is -2.30. The summed E-state index contributed by atoms with van der Waals surface area (Å²) in [5, 5.41) is 16.8. The van der Waals surface area contributed by atoms with E-state index >= 15 is 0 Å². The molecule has 2 N–H and O–H groups in total. The van der Waals surface area contributed by atoms with Crippen LogP contribution >= 0.6 is 23.1 Å². The highest BCUT2D eigenvalue weighted by molar-refractivity contribution is 8.00. The fourth-order valence-electron chi connectivity index (χ4n) is 4.31. The quantitative estimate of drug-likeness (QED) is 0.122. The first-order valence-corrected chi connectivity index (χ1v) is 15.5. The lowest BCUT2D eigenvalue weighted by molar-refractivity contribution is -0.384. The van der Waals surface area contributed by atoms with Gasteiger partial charge in [-0.2, -0.15) is 0 Å². The molecule has 0 radical (unpaired) electrons. The smallest absolute Gasteiger partial charge is 0.410 e. The van der Waals surface area contributed by atoms with Crippen LogP contribution in [0.25, 0.3) is 0 Å². The molecular formula is C30H32N4O8S2. The molecule has 0 saturated carbocycles. The Balaban J connectivity index is 1.41. The van der Waals surface area contributed by atoms with Crippen molar-refractivity contribution in [3.63, 3.8) is 0 Å². The fourth-order valence-corrected chi connectivity index (χ4v) is 6.33. The van der Waals surface area contributed by atoms with Crippen LogP contribution in [0.5, 0.6) is 0 Å². The molecule has 44 heavy (non-hydrogen) atoms. The number of nitrogens with zero attached hydrogens (tertiary/aromatic N) is 2. The van der Waals surface area contributed by atoms with E-state index in [1.165, 1.54) is 47.4 Å². The summed E-state index contributed by atoms with van der Waals surface area (Å²) >= 11 is 2.48. The monoisotopic (exact) mass is 640 g/mol. The number of thioether (sulfide) groups is 1. The number of fused-ring (bicyclic) bond motifs is 1. The van der Waals surface area contributed by atoms with Crippen LogP contribution in [0.3, 0.4) is 0 Å². The summed E-state index contributed by atoms with van der Waals surface area (Å²) in [6, 6.07) is 12.2. The van der Waals surface area contributed by atoms with Gasteiger partial charge in [-0.05, 0) is 70.0 Å². The Hall–Kier alpha value is -4.43. The second-order valence-electron chi connectivity index (χ2n) is 10.7. The number of thiophene rings is 1. The van der Waals surface area contributed by atoms with Crippen molar-refractivity contribution in [2.75, 3.05) is 29.5 Å². The molecular weight excluding hydrogens is 608 g/mol. The van der Waals surface area contributed by atoms with Gasteiger partial charge in [-0.1, -0.05) is 6.07 Å². The first-order valence-electron chi connectivity index (χ1n) is 13.7. The molecule has 0 bridgehead atoms. The van der Waals surface area contributed by atoms with Crippen LogP contribution < -0.4 is 10.6 Å². The third-order valence-corrected chi connectivity index (χ3v) is 8.37. The number of nitro groups is 1. The number of nitro benzene ring substituents is 1. The van der Waals surface area contributed by atoms with Gasteiger partial charge in [0.25, 0.3) is 11.6 Å². The minimum atomic E-state index is -0.641. The lowest BCUT2D eigenvalue weighted by atomic mass is 10.0. The van der Waals surface area contributed by atoms with Gasteiger partial charge in [0.05, 0.1) is 29.4 Å². The highest BCUT2D eigenvalue weighted by Crippen LogP contribution is 2.38. The maximum absolute atomic E-state index is 13.0. The molecule has 232 valence electrons. The van der Waals surface area contributed by atoms with Crippen LogP contribution in [0.15, 0.2) is 53.4 Å². The van der Waals surface area contributed by atoms with E-state index in [9.17, 15) is 29.3 Å². The zero-order valence-corrected chi connectivity index (χ0v) is 26.3. The molecule has 3 aromatic rings. The molecule has 2 aromatic carbocycles. The first-order chi connectivity index (χ1) is 20.8. The topological polar surface area (TPSA) is 157 Å². The number of ether oxygens (including phenoxy) is 2. The van der Waals surface area contributed by atoms with Crippen molar-refractivity contribution in [2.45, 2.75) is 51.2 Å². The molecule has 4 rings (SSSR count). The fraction of sp³-hybridized carbons (Fsp3) is 0.333. The van der Waals surface area contributed by atoms with E-state index in [1.807, 2.05) is 0 Å². The zero-order valence-electron chi connectivity index (χ0n) is 24.6. The van der Waals surface area contributed by atoms with E-state index in [2.05, 4.69) is 10.6 Å². The van der Waals surface area contributed by atoms with Gasteiger partial charge < -0.3 is 25.0 Å². The molecule has 0 spiro atoms. The second-order valence-corrected chi connectivity index (χ2v) is 12.9. The van der Waals surface area contributed by atoms with Crippen molar-refractivity contribution in [3.05, 3.63) is 80.2 Å². The van der Waals surface area contributed by atoms with Crippen LogP contribution in [0.1, 0.15) is 58.9 Å². The van der Waals surface area contributed by atoms with E-state index < -0.39 is 28.5 Å². The highest BCUT2D eigenvalue weighted by atomic mass is 32.2. The highest BCUT2D eigenvalue weighted by Gasteiger charge is 2.32. The van der Waals surface area contributed by atoms with Crippen molar-refractivity contribution in [3.8, 4) is 0 Å². The van der Waals surface area contributed by atoms with Crippen LogP contribution in [-0.2, 0) is 27.2 Å². The van der Waals surface area contributed by atoms with Gasteiger partial charge in [0, 0.05) is 39.7 Å². The van der Waals surface area contributed by atoms with Crippen molar-refractivity contribution in [1.29, 1.82) is 0 Å². The summed E-state index contributed by atoms with van der Waals surface area (Å²) in [7, 11) is 0. The number of carbonyl (C=O) groups is 4. The Bertz CT molecular complexity index is 1580. The molecule has 3 amide bonds. The molecule has 0 atom stereocenters. The molecule has 0 aliphatic carbocycles. The van der Waals surface area contributed by atoms with Gasteiger partial charge in [-0.15, -0.1) is 23.1 Å². The largest absolute Gasteiger partial charge is 0.462 e. The van der Waals surface area contributed by atoms with Crippen molar-refractivity contribution >= 4 is 63.4 Å². The van der Waals surface area contributed by atoms with Crippen LogP contribution in [0, 0.1) is 10.1 Å². The SMILES string of the molecule is CCOC(=O)c1c(NC(=O)CSc2cccc(NC(=O)c3ccc([N+](=O)[O-])cc3)c2)sc2c1CCN(C(=O)OC(C)(C)C)C2. The predicted octanol–water partition coefficient (Wildman–Crippen LogP) is 6.11. The van der Waals surface area contributed by atoms with Crippen molar-refractivity contribution in [1.82, 2.24) is 4.90 Å². The third kappa shape index (κ3) is 8.35. The average molecular weight is 641 g/mol. The number of benzene rings is 2. The van der Waals surface area contributed by atoms with Gasteiger partial charge in [-0.3, -0.25) is 19.7 Å². The number of nitrogens with one attached hydrogen (secondary N) is 2. The Kier molecular flexibility index (Phi) is 10.3. The number of esters is 1. The predicted molar refractivity (Wildman–Crippen MR) is 167 cm³/mol. The van der Waals surface area contributed by atoms with E-state index in [4.69, 9.17) is 9.47 Å². The Labute approximate surface area is 262 Å². The van der Waals surface area contributed by atoms with Crippen molar-refractivity contribution < 1.29 is 33.6 Å². The molecule has 0 unspecified atom stereocenters. The van der Waals surface area contributed by atoms with Gasteiger partial charge in [0.2, 0.25) is 5.91 Å². The lowest BCUT2D eigenvalue weighted by Crippen LogP contribution is -2.39. The number of non-ortho nitro benzene ring substituents is 1. The van der Waals surface area contributed by atoms with E-state index in [0.717, 1.165) is 10.4 Å². The second kappa shape index (κ2) is 13.9. The zero-order chi connectivity index (χ0) is 32.0. The van der Waals surface area contributed by atoms with Crippen LogP contribution in [0.4, 0.5) is 21.2 Å². The first kappa shape index (κ1) is 32.5. The number of hydrogen-bond donors (Lipinski definition) is 2. The minimum absolute atomic E-state index is 0.0224. The minimum Gasteiger partial charge on any atom is -0.462 e. The molecule has 14 heteroatoms. The number of hydrogen-bond acceptors (Lipinski definition) is 10. The molecule has 1 aliphatic rings. The normalized spacial score (nSPS) is 12.6. The van der Waals surface area contributed by atoms with Crippen molar-refractivity contribution in [2.24, 2.45) is 0 Å². The van der Waals surface area contributed by atoms with Crippen LogP contribution in [0.2, 0.25) is 0 Å². The third-order valence-electron chi connectivity index (χ3n) is 6.24. The molecule has 2 heterocycles. The van der Waals surface area contributed by atoms with E-state index in [1.54, 1.807) is 56.9 Å². The summed E-state index contributed by atoms with van der Waals surface area (Å²) in [6.07, 6.45) is -0.0234. The van der Waals surface area contributed by atoms with Crippen LogP contribution in [-0.4, -0.2) is 58.2 Å². The summed E-state index contributed by atoms with van der Waals surface area (Å²) in [5.74, 6) is -1.29. The maximum Gasteiger partial charge on any atom is 0.410 e.